The maximum absolute atomic E-state index is 13.5. The summed E-state index contributed by atoms with van der Waals surface area (Å²) in [5, 5.41) is 0. The third kappa shape index (κ3) is 3.42. The van der Waals surface area contributed by atoms with Crippen molar-refractivity contribution in [2.24, 2.45) is 0 Å². The lowest BCUT2D eigenvalue weighted by atomic mass is 10.0. The number of piperidine rings is 1. The molecule has 0 amide bonds. The molecule has 3 fully saturated rings. The molecule has 0 radical (unpaired) electrons. The van der Waals surface area contributed by atoms with E-state index in [2.05, 4.69) is 9.80 Å². The summed E-state index contributed by atoms with van der Waals surface area (Å²) in [5.74, 6) is -0.0379. The largest absolute Gasteiger partial charge is 0.376 e. The summed E-state index contributed by atoms with van der Waals surface area (Å²) in [4.78, 5) is 18.3. The molecule has 0 spiro atoms. The summed E-state index contributed by atoms with van der Waals surface area (Å²) >= 11 is 0. The lowest BCUT2D eigenvalue weighted by Gasteiger charge is -2.34. The molecule has 1 aliphatic carbocycles. The van der Waals surface area contributed by atoms with Gasteiger partial charge in [-0.25, -0.2) is 0 Å². The average Bonchev–Trinajstić information content (AvgIpc) is 2.98. The Balaban J connectivity index is 1.52. The van der Waals surface area contributed by atoms with Gasteiger partial charge in [-0.05, 0) is 49.1 Å². The van der Waals surface area contributed by atoms with E-state index in [9.17, 15) is 13.2 Å². The SMILES string of the molecule is Cc1ccc(S(=O)(=O)Oc2c(N3CCN4CCC3CC4)ccc3c2C(=O)c2ccccc2-3)cc1. The minimum Gasteiger partial charge on any atom is -0.376 e. The summed E-state index contributed by atoms with van der Waals surface area (Å²) in [6.45, 7) is 5.65. The summed E-state index contributed by atoms with van der Waals surface area (Å²) < 4.78 is 32.7. The maximum Gasteiger partial charge on any atom is 0.339 e. The van der Waals surface area contributed by atoms with Crippen LogP contribution in [0.5, 0.6) is 5.75 Å². The molecule has 3 aliphatic heterocycles. The highest BCUT2D eigenvalue weighted by Crippen LogP contribution is 2.47. The molecule has 7 heteroatoms. The zero-order valence-corrected chi connectivity index (χ0v) is 19.8. The van der Waals surface area contributed by atoms with Crippen LogP contribution >= 0.6 is 0 Å². The standard InChI is InChI=1S/C27H26N2O4S/c1-18-6-8-20(9-7-18)34(31,32)33-27-24(29-17-16-28-14-12-19(29)13-15-28)11-10-22-21-4-2-3-5-23(21)26(30)25(22)27/h2-11,19H,12-17H2,1H3. The molecular weight excluding hydrogens is 448 g/mol. The Morgan fingerprint density at radius 2 is 1.53 bits per heavy atom. The number of hydrogen-bond donors (Lipinski definition) is 0. The van der Waals surface area contributed by atoms with Crippen molar-refractivity contribution >= 4 is 21.6 Å². The Labute approximate surface area is 199 Å². The molecule has 4 aliphatic rings. The van der Waals surface area contributed by atoms with Gasteiger partial charge in [0.15, 0.2) is 11.5 Å². The Hall–Kier alpha value is -3.16. The first-order chi connectivity index (χ1) is 16.4. The Morgan fingerprint density at radius 3 is 2.26 bits per heavy atom. The van der Waals surface area contributed by atoms with Gasteiger partial charge in [0, 0.05) is 37.8 Å². The number of aryl methyl sites for hydroxylation is 1. The monoisotopic (exact) mass is 474 g/mol. The molecule has 3 heterocycles. The van der Waals surface area contributed by atoms with E-state index in [-0.39, 0.29) is 16.4 Å². The van der Waals surface area contributed by atoms with E-state index in [0.717, 1.165) is 55.7 Å². The van der Waals surface area contributed by atoms with E-state index >= 15 is 0 Å². The Morgan fingerprint density at radius 1 is 0.824 bits per heavy atom. The lowest BCUT2D eigenvalue weighted by Crippen LogP contribution is -2.38. The molecular formula is C27H26N2O4S. The van der Waals surface area contributed by atoms with E-state index in [4.69, 9.17) is 4.18 Å². The van der Waals surface area contributed by atoms with Gasteiger partial charge in [-0.3, -0.25) is 4.79 Å². The van der Waals surface area contributed by atoms with Crippen molar-refractivity contribution in [2.75, 3.05) is 31.1 Å². The molecule has 3 aromatic rings. The van der Waals surface area contributed by atoms with Gasteiger partial charge in [-0.2, -0.15) is 8.42 Å². The Bertz CT molecular complexity index is 1390. The first-order valence-corrected chi connectivity index (χ1v) is 13.1. The first kappa shape index (κ1) is 21.4. The van der Waals surface area contributed by atoms with Crippen LogP contribution in [0, 0.1) is 6.92 Å². The minimum atomic E-state index is -4.14. The highest BCUT2D eigenvalue weighted by atomic mass is 32.2. The van der Waals surface area contributed by atoms with Gasteiger partial charge in [-0.1, -0.05) is 48.0 Å². The van der Waals surface area contributed by atoms with Crippen LogP contribution in [0.3, 0.4) is 0 Å². The fourth-order valence-electron chi connectivity index (χ4n) is 5.45. The number of benzene rings is 3. The van der Waals surface area contributed by atoms with E-state index in [1.54, 1.807) is 30.3 Å². The highest BCUT2D eigenvalue weighted by Gasteiger charge is 2.37. The van der Waals surface area contributed by atoms with Gasteiger partial charge in [0.25, 0.3) is 0 Å². The predicted octanol–water partition coefficient (Wildman–Crippen LogP) is 4.26. The fourth-order valence-corrected chi connectivity index (χ4v) is 6.40. The third-order valence-electron chi connectivity index (χ3n) is 7.29. The van der Waals surface area contributed by atoms with Gasteiger partial charge in [0.2, 0.25) is 0 Å². The Kier molecular flexibility index (Phi) is 5.00. The predicted molar refractivity (Wildman–Crippen MR) is 131 cm³/mol. The molecule has 174 valence electrons. The number of carbonyl (C=O) groups is 1. The number of fused-ring (bicyclic) bond motifs is 7. The average molecular weight is 475 g/mol. The van der Waals surface area contributed by atoms with Crippen molar-refractivity contribution in [3.05, 3.63) is 77.4 Å². The van der Waals surface area contributed by atoms with Crippen LogP contribution in [-0.4, -0.2) is 51.3 Å². The van der Waals surface area contributed by atoms with E-state index in [0.29, 0.717) is 22.9 Å². The summed E-state index contributed by atoms with van der Waals surface area (Å²) in [5.41, 5.74) is 4.10. The number of carbonyl (C=O) groups excluding carboxylic acids is 1. The van der Waals surface area contributed by atoms with Crippen LogP contribution in [-0.2, 0) is 10.1 Å². The number of rotatable bonds is 4. The van der Waals surface area contributed by atoms with Gasteiger partial charge >= 0.3 is 10.1 Å². The van der Waals surface area contributed by atoms with E-state index < -0.39 is 10.1 Å². The van der Waals surface area contributed by atoms with Crippen molar-refractivity contribution < 1.29 is 17.4 Å². The molecule has 0 N–H and O–H groups in total. The lowest BCUT2D eigenvalue weighted by molar-refractivity contribution is 0.104. The van der Waals surface area contributed by atoms with Crippen molar-refractivity contribution in [1.82, 2.24) is 4.90 Å². The van der Waals surface area contributed by atoms with Crippen LogP contribution in [0.15, 0.2) is 65.6 Å². The summed E-state index contributed by atoms with van der Waals surface area (Å²) in [6, 6.07) is 18.2. The zero-order chi connectivity index (χ0) is 23.4. The molecule has 34 heavy (non-hydrogen) atoms. The van der Waals surface area contributed by atoms with Crippen molar-refractivity contribution in [2.45, 2.75) is 30.7 Å². The van der Waals surface area contributed by atoms with Gasteiger partial charge in [0.05, 0.1) is 11.3 Å². The molecule has 7 rings (SSSR count). The number of nitrogens with zero attached hydrogens (tertiary/aromatic N) is 2. The van der Waals surface area contributed by atoms with Crippen molar-refractivity contribution in [3.8, 4) is 16.9 Å². The van der Waals surface area contributed by atoms with Crippen molar-refractivity contribution in [1.29, 1.82) is 0 Å². The van der Waals surface area contributed by atoms with Gasteiger partial charge in [-0.15, -0.1) is 0 Å². The normalized spacial score (nSPS) is 21.2. The summed E-state index contributed by atoms with van der Waals surface area (Å²) in [6.07, 6.45) is 2.02. The molecule has 3 aromatic carbocycles. The van der Waals surface area contributed by atoms with Crippen LogP contribution in [0.25, 0.3) is 11.1 Å². The smallest absolute Gasteiger partial charge is 0.339 e. The quantitative estimate of drug-likeness (QED) is 0.412. The molecule has 0 aromatic heterocycles. The molecule has 0 unspecified atom stereocenters. The molecule has 0 saturated carbocycles. The van der Waals surface area contributed by atoms with Crippen LogP contribution in [0.4, 0.5) is 5.69 Å². The van der Waals surface area contributed by atoms with Gasteiger partial charge in [0.1, 0.15) is 4.90 Å². The number of ketones is 1. The fraction of sp³-hybridized carbons (Fsp3) is 0.296. The second-order valence-corrected chi connectivity index (χ2v) is 10.9. The maximum atomic E-state index is 13.5. The molecule has 0 atom stereocenters. The van der Waals surface area contributed by atoms with Crippen LogP contribution in [0.1, 0.15) is 34.3 Å². The minimum absolute atomic E-state index is 0.0764. The van der Waals surface area contributed by atoms with Crippen LogP contribution in [0.2, 0.25) is 0 Å². The van der Waals surface area contributed by atoms with Crippen LogP contribution < -0.4 is 9.08 Å². The zero-order valence-electron chi connectivity index (χ0n) is 19.0. The first-order valence-electron chi connectivity index (χ1n) is 11.7. The number of anilines is 1. The number of hydrogen-bond acceptors (Lipinski definition) is 6. The molecule has 2 bridgehead atoms. The topological polar surface area (TPSA) is 66.9 Å². The highest BCUT2D eigenvalue weighted by molar-refractivity contribution is 7.87. The summed E-state index contributed by atoms with van der Waals surface area (Å²) in [7, 11) is -4.14. The van der Waals surface area contributed by atoms with Gasteiger partial charge < -0.3 is 14.0 Å². The second kappa shape index (κ2) is 7.96. The van der Waals surface area contributed by atoms with E-state index in [1.165, 1.54) is 0 Å². The van der Waals surface area contributed by atoms with Crippen molar-refractivity contribution in [3.63, 3.8) is 0 Å². The molecule has 3 saturated heterocycles. The van der Waals surface area contributed by atoms with E-state index in [1.807, 2.05) is 37.3 Å². The second-order valence-electron chi connectivity index (χ2n) is 9.33. The molecule has 6 nitrogen and oxygen atoms in total. The third-order valence-corrected chi connectivity index (χ3v) is 8.53.